The van der Waals surface area contributed by atoms with Gasteiger partial charge in [0, 0.05) is 12.2 Å². The van der Waals surface area contributed by atoms with Gasteiger partial charge in [-0.2, -0.15) is 0 Å². The van der Waals surface area contributed by atoms with E-state index in [1.54, 1.807) is 0 Å². The van der Waals surface area contributed by atoms with Crippen LogP contribution in [-0.2, 0) is 16.1 Å². The molecule has 2 aliphatic rings. The SMILES string of the molecule is CCNCc1ccccc1NC(=O)CN1C(=O)NC2(CCCC2)C1=O.Cl. The summed E-state index contributed by atoms with van der Waals surface area (Å²) in [5.41, 5.74) is 0.874. The van der Waals surface area contributed by atoms with Gasteiger partial charge in [0.2, 0.25) is 5.91 Å². The van der Waals surface area contributed by atoms with Crippen molar-refractivity contribution in [1.82, 2.24) is 15.5 Å². The highest BCUT2D eigenvalue weighted by Crippen LogP contribution is 2.34. The quantitative estimate of drug-likeness (QED) is 0.658. The smallest absolute Gasteiger partial charge is 0.324 e. The van der Waals surface area contributed by atoms with E-state index in [0.29, 0.717) is 25.1 Å². The van der Waals surface area contributed by atoms with E-state index < -0.39 is 11.6 Å². The number of para-hydroxylation sites is 1. The molecule has 1 aliphatic carbocycles. The van der Waals surface area contributed by atoms with E-state index in [9.17, 15) is 14.4 Å². The van der Waals surface area contributed by atoms with Gasteiger partial charge in [0.15, 0.2) is 0 Å². The molecule has 1 heterocycles. The minimum absolute atomic E-state index is 0. The summed E-state index contributed by atoms with van der Waals surface area (Å²) in [4.78, 5) is 38.2. The zero-order chi connectivity index (χ0) is 17.9. The van der Waals surface area contributed by atoms with Gasteiger partial charge in [-0.05, 0) is 31.0 Å². The Morgan fingerprint density at radius 2 is 1.92 bits per heavy atom. The van der Waals surface area contributed by atoms with Crippen LogP contribution in [0.3, 0.4) is 0 Å². The number of carbonyl (C=O) groups is 3. The summed E-state index contributed by atoms with van der Waals surface area (Å²) in [6.07, 6.45) is 3.15. The lowest BCUT2D eigenvalue weighted by Gasteiger charge is -2.20. The fourth-order valence-corrected chi connectivity index (χ4v) is 3.53. The molecule has 1 aromatic carbocycles. The molecule has 1 spiro atoms. The third kappa shape index (κ3) is 3.99. The lowest BCUT2D eigenvalue weighted by atomic mass is 9.98. The monoisotopic (exact) mass is 380 g/mol. The fourth-order valence-electron chi connectivity index (χ4n) is 3.53. The van der Waals surface area contributed by atoms with E-state index in [1.807, 2.05) is 31.2 Å². The molecule has 142 valence electrons. The van der Waals surface area contributed by atoms with Crippen molar-refractivity contribution in [2.45, 2.75) is 44.7 Å². The number of imide groups is 1. The topological polar surface area (TPSA) is 90.5 Å². The predicted octanol–water partition coefficient (Wildman–Crippen LogP) is 2.02. The molecule has 0 bridgehead atoms. The Kier molecular flexibility index (Phi) is 6.61. The molecule has 1 aliphatic heterocycles. The molecule has 7 nitrogen and oxygen atoms in total. The molecule has 3 rings (SSSR count). The van der Waals surface area contributed by atoms with Crippen LogP contribution in [0.5, 0.6) is 0 Å². The van der Waals surface area contributed by atoms with E-state index in [2.05, 4.69) is 16.0 Å². The summed E-state index contributed by atoms with van der Waals surface area (Å²) in [6.45, 7) is 3.21. The summed E-state index contributed by atoms with van der Waals surface area (Å²) >= 11 is 0. The van der Waals surface area contributed by atoms with E-state index in [0.717, 1.165) is 29.8 Å². The molecule has 0 atom stereocenters. The number of nitrogens with zero attached hydrogens (tertiary/aromatic N) is 1. The van der Waals surface area contributed by atoms with Gasteiger partial charge in [-0.3, -0.25) is 14.5 Å². The molecule has 0 aromatic heterocycles. The molecule has 8 heteroatoms. The normalized spacial score (nSPS) is 18.0. The maximum absolute atomic E-state index is 12.6. The predicted molar refractivity (Wildman–Crippen MR) is 101 cm³/mol. The Morgan fingerprint density at radius 3 is 2.62 bits per heavy atom. The minimum atomic E-state index is -0.777. The van der Waals surface area contributed by atoms with Gasteiger partial charge >= 0.3 is 6.03 Å². The van der Waals surface area contributed by atoms with Crippen LogP contribution in [0.25, 0.3) is 0 Å². The summed E-state index contributed by atoms with van der Waals surface area (Å²) in [7, 11) is 0. The van der Waals surface area contributed by atoms with Crippen LogP contribution in [0.15, 0.2) is 24.3 Å². The third-order valence-corrected chi connectivity index (χ3v) is 4.86. The van der Waals surface area contributed by atoms with Crippen LogP contribution < -0.4 is 16.0 Å². The van der Waals surface area contributed by atoms with Crippen LogP contribution in [0.4, 0.5) is 10.5 Å². The highest BCUT2D eigenvalue weighted by molar-refractivity contribution is 6.10. The van der Waals surface area contributed by atoms with E-state index >= 15 is 0 Å². The summed E-state index contributed by atoms with van der Waals surface area (Å²) in [6, 6.07) is 7.02. The molecule has 4 amide bonds. The van der Waals surface area contributed by atoms with Crippen LogP contribution in [0, 0.1) is 0 Å². The number of urea groups is 1. The Hall–Kier alpha value is -2.12. The van der Waals surface area contributed by atoms with Gasteiger partial charge in [-0.25, -0.2) is 4.79 Å². The van der Waals surface area contributed by atoms with Crippen molar-refractivity contribution in [2.24, 2.45) is 0 Å². The van der Waals surface area contributed by atoms with E-state index in [-0.39, 0.29) is 30.8 Å². The number of rotatable bonds is 6. The number of halogens is 1. The molecule has 3 N–H and O–H groups in total. The minimum Gasteiger partial charge on any atom is -0.324 e. The number of hydrogen-bond acceptors (Lipinski definition) is 4. The number of hydrogen-bond donors (Lipinski definition) is 3. The maximum Gasteiger partial charge on any atom is 0.325 e. The zero-order valence-electron chi connectivity index (χ0n) is 14.8. The van der Waals surface area contributed by atoms with Crippen LogP contribution in [0.1, 0.15) is 38.2 Å². The Labute approximate surface area is 159 Å². The van der Waals surface area contributed by atoms with Gasteiger partial charge in [-0.15, -0.1) is 12.4 Å². The first-order valence-corrected chi connectivity index (χ1v) is 8.78. The Bertz CT molecular complexity index is 689. The zero-order valence-corrected chi connectivity index (χ0v) is 15.7. The number of anilines is 1. The first-order chi connectivity index (χ1) is 12.1. The summed E-state index contributed by atoms with van der Waals surface area (Å²) < 4.78 is 0. The molecule has 0 radical (unpaired) electrons. The van der Waals surface area contributed by atoms with Gasteiger partial charge in [0.25, 0.3) is 5.91 Å². The Balaban J connectivity index is 0.00000243. The molecule has 2 fully saturated rings. The van der Waals surface area contributed by atoms with Crippen molar-refractivity contribution in [3.63, 3.8) is 0 Å². The van der Waals surface area contributed by atoms with Gasteiger partial charge in [-0.1, -0.05) is 38.0 Å². The first kappa shape index (κ1) is 20.2. The summed E-state index contributed by atoms with van der Waals surface area (Å²) in [5, 5.41) is 8.82. The summed E-state index contributed by atoms with van der Waals surface area (Å²) in [5.74, 6) is -0.645. The molecule has 1 saturated heterocycles. The average Bonchev–Trinajstić information content (AvgIpc) is 3.15. The standard InChI is InChI=1S/C18H24N4O3.ClH/c1-2-19-11-13-7-3-4-8-14(13)20-15(23)12-22-16(24)18(21-17(22)25)9-5-6-10-18;/h3-4,7-8,19H,2,5-6,9-12H2,1H3,(H,20,23)(H,21,25);1H. The average molecular weight is 381 g/mol. The number of benzene rings is 1. The molecule has 26 heavy (non-hydrogen) atoms. The number of nitrogens with one attached hydrogen (secondary N) is 3. The van der Waals surface area contributed by atoms with Crippen LogP contribution in [0.2, 0.25) is 0 Å². The van der Waals surface area contributed by atoms with Crippen molar-refractivity contribution >= 4 is 35.9 Å². The largest absolute Gasteiger partial charge is 0.325 e. The maximum atomic E-state index is 12.6. The fraction of sp³-hybridized carbons (Fsp3) is 0.500. The molecular formula is C18H25ClN4O3. The Morgan fingerprint density at radius 1 is 1.23 bits per heavy atom. The van der Waals surface area contributed by atoms with Crippen molar-refractivity contribution in [2.75, 3.05) is 18.4 Å². The second-order valence-electron chi connectivity index (χ2n) is 6.60. The number of amides is 4. The van der Waals surface area contributed by atoms with Gasteiger partial charge < -0.3 is 16.0 Å². The third-order valence-electron chi connectivity index (χ3n) is 4.86. The molecule has 1 saturated carbocycles. The van der Waals surface area contributed by atoms with Crippen molar-refractivity contribution < 1.29 is 14.4 Å². The van der Waals surface area contributed by atoms with Crippen molar-refractivity contribution in [3.8, 4) is 0 Å². The lowest BCUT2D eigenvalue weighted by Crippen LogP contribution is -2.44. The van der Waals surface area contributed by atoms with E-state index in [4.69, 9.17) is 0 Å². The number of carbonyl (C=O) groups excluding carboxylic acids is 3. The van der Waals surface area contributed by atoms with E-state index in [1.165, 1.54) is 0 Å². The highest BCUT2D eigenvalue weighted by atomic mass is 35.5. The van der Waals surface area contributed by atoms with Crippen molar-refractivity contribution in [3.05, 3.63) is 29.8 Å². The van der Waals surface area contributed by atoms with Crippen LogP contribution >= 0.6 is 12.4 Å². The molecule has 0 unspecified atom stereocenters. The van der Waals surface area contributed by atoms with Gasteiger partial charge in [0.1, 0.15) is 12.1 Å². The second kappa shape index (κ2) is 8.51. The first-order valence-electron chi connectivity index (χ1n) is 8.78. The highest BCUT2D eigenvalue weighted by Gasteiger charge is 2.52. The van der Waals surface area contributed by atoms with Crippen LogP contribution in [-0.4, -0.2) is 41.4 Å². The lowest BCUT2D eigenvalue weighted by molar-refractivity contribution is -0.133. The second-order valence-corrected chi connectivity index (χ2v) is 6.60. The molecule has 1 aromatic rings. The van der Waals surface area contributed by atoms with Gasteiger partial charge in [0.05, 0.1) is 0 Å². The van der Waals surface area contributed by atoms with Crippen molar-refractivity contribution in [1.29, 1.82) is 0 Å². The molecular weight excluding hydrogens is 356 g/mol.